The highest BCUT2D eigenvalue weighted by Gasteiger charge is 2.13. The number of carbonyl (C=O) groups is 1. The Kier molecular flexibility index (Phi) is 4.16. The third-order valence-corrected chi connectivity index (χ3v) is 2.73. The summed E-state index contributed by atoms with van der Waals surface area (Å²) in [5.41, 5.74) is -0.265. The van der Waals surface area contributed by atoms with E-state index >= 15 is 0 Å². The van der Waals surface area contributed by atoms with Crippen molar-refractivity contribution in [2.75, 3.05) is 19.0 Å². The molecule has 0 fully saturated rings. The molecule has 0 aromatic heterocycles. The molecule has 0 heterocycles. The second-order valence-corrected chi connectivity index (χ2v) is 4.73. The molecular formula is C9H11FN2O4S. The van der Waals surface area contributed by atoms with E-state index in [1.165, 1.54) is 7.11 Å². The van der Waals surface area contributed by atoms with Crippen LogP contribution in [-0.2, 0) is 19.6 Å². The van der Waals surface area contributed by atoms with Crippen LogP contribution in [0.15, 0.2) is 23.1 Å². The van der Waals surface area contributed by atoms with Crippen LogP contribution in [-0.4, -0.2) is 28.0 Å². The van der Waals surface area contributed by atoms with Gasteiger partial charge in [0.1, 0.15) is 12.4 Å². The average Bonchev–Trinajstić information content (AvgIpc) is 2.20. The summed E-state index contributed by atoms with van der Waals surface area (Å²) in [6.45, 7) is -0.265. The number of ether oxygens (including phenoxy) is 1. The largest absolute Gasteiger partial charge is 0.375 e. The molecule has 0 aliphatic carbocycles. The van der Waals surface area contributed by atoms with Gasteiger partial charge in [-0.3, -0.25) is 4.79 Å². The molecule has 8 heteroatoms. The first-order valence-corrected chi connectivity index (χ1v) is 6.00. The number of benzene rings is 1. The maximum absolute atomic E-state index is 13.3. The number of carbonyl (C=O) groups excluding carboxylic acids is 1. The van der Waals surface area contributed by atoms with E-state index in [1.807, 2.05) is 0 Å². The van der Waals surface area contributed by atoms with Gasteiger partial charge in [-0.1, -0.05) is 0 Å². The van der Waals surface area contributed by atoms with Crippen LogP contribution in [0.2, 0.25) is 0 Å². The summed E-state index contributed by atoms with van der Waals surface area (Å²) in [7, 11) is -2.64. The number of nitrogens with two attached hydrogens (primary N) is 1. The number of anilines is 1. The molecule has 94 valence electrons. The summed E-state index contributed by atoms with van der Waals surface area (Å²) in [5.74, 6) is -1.36. The van der Waals surface area contributed by atoms with Gasteiger partial charge in [0.25, 0.3) is 0 Å². The van der Waals surface area contributed by atoms with E-state index in [9.17, 15) is 17.6 Å². The SMILES string of the molecule is COCC(=O)Nc1cc(S(N)(=O)=O)ccc1F. The van der Waals surface area contributed by atoms with Gasteiger partial charge < -0.3 is 10.1 Å². The highest BCUT2D eigenvalue weighted by molar-refractivity contribution is 7.89. The van der Waals surface area contributed by atoms with Crippen molar-refractivity contribution in [2.45, 2.75) is 4.90 Å². The fourth-order valence-corrected chi connectivity index (χ4v) is 1.63. The number of nitrogens with one attached hydrogen (secondary N) is 1. The summed E-state index contributed by atoms with van der Waals surface area (Å²) in [5, 5.41) is 7.04. The lowest BCUT2D eigenvalue weighted by Gasteiger charge is -2.07. The molecule has 0 aliphatic heterocycles. The van der Waals surface area contributed by atoms with Crippen LogP contribution in [0.4, 0.5) is 10.1 Å². The standard InChI is InChI=1S/C9H11FN2O4S/c1-16-5-9(13)12-8-4-6(17(11,14)15)2-3-7(8)10/h2-4H,5H2,1H3,(H,12,13)(H2,11,14,15). The summed E-state index contributed by atoms with van der Waals surface area (Å²) < 4.78 is 39.9. The monoisotopic (exact) mass is 262 g/mol. The minimum Gasteiger partial charge on any atom is -0.375 e. The van der Waals surface area contributed by atoms with E-state index in [2.05, 4.69) is 10.1 Å². The van der Waals surface area contributed by atoms with Crippen LogP contribution in [0.3, 0.4) is 0 Å². The van der Waals surface area contributed by atoms with Gasteiger partial charge in [0, 0.05) is 7.11 Å². The predicted octanol–water partition coefficient (Wildman–Crippen LogP) is 0.0580. The highest BCUT2D eigenvalue weighted by Crippen LogP contribution is 2.18. The van der Waals surface area contributed by atoms with E-state index in [-0.39, 0.29) is 17.2 Å². The molecule has 0 radical (unpaired) electrons. The third-order valence-electron chi connectivity index (χ3n) is 1.82. The van der Waals surface area contributed by atoms with Crippen molar-refractivity contribution in [1.82, 2.24) is 0 Å². The number of hydrogen-bond donors (Lipinski definition) is 2. The molecular weight excluding hydrogens is 251 g/mol. The maximum Gasteiger partial charge on any atom is 0.250 e. The number of methoxy groups -OCH3 is 1. The third kappa shape index (κ3) is 3.77. The molecule has 6 nitrogen and oxygen atoms in total. The van der Waals surface area contributed by atoms with Gasteiger partial charge in [-0.15, -0.1) is 0 Å². The molecule has 0 atom stereocenters. The van der Waals surface area contributed by atoms with Crippen LogP contribution < -0.4 is 10.5 Å². The van der Waals surface area contributed by atoms with Gasteiger partial charge in [-0.25, -0.2) is 17.9 Å². The van der Waals surface area contributed by atoms with E-state index < -0.39 is 21.7 Å². The van der Waals surface area contributed by atoms with Crippen molar-refractivity contribution in [2.24, 2.45) is 5.14 Å². The van der Waals surface area contributed by atoms with Crippen molar-refractivity contribution in [3.8, 4) is 0 Å². The highest BCUT2D eigenvalue weighted by atomic mass is 32.2. The van der Waals surface area contributed by atoms with Crippen LogP contribution in [0, 0.1) is 5.82 Å². The Balaban J connectivity index is 3.03. The Morgan fingerprint density at radius 3 is 2.71 bits per heavy atom. The Morgan fingerprint density at radius 2 is 2.18 bits per heavy atom. The quantitative estimate of drug-likeness (QED) is 0.801. The Labute approximate surface area is 97.6 Å². The van der Waals surface area contributed by atoms with E-state index in [1.54, 1.807) is 0 Å². The number of sulfonamides is 1. The molecule has 1 rings (SSSR count). The predicted molar refractivity (Wildman–Crippen MR) is 58.3 cm³/mol. The first kappa shape index (κ1) is 13.6. The molecule has 0 spiro atoms. The number of hydrogen-bond acceptors (Lipinski definition) is 4. The van der Waals surface area contributed by atoms with Gasteiger partial charge in [-0.05, 0) is 18.2 Å². The van der Waals surface area contributed by atoms with E-state index in [0.717, 1.165) is 18.2 Å². The molecule has 1 aromatic carbocycles. The lowest BCUT2D eigenvalue weighted by molar-refractivity contribution is -0.119. The Bertz CT molecular complexity index is 530. The van der Waals surface area contributed by atoms with Gasteiger partial charge in [-0.2, -0.15) is 0 Å². The summed E-state index contributed by atoms with van der Waals surface area (Å²) in [6.07, 6.45) is 0. The van der Waals surface area contributed by atoms with Crippen molar-refractivity contribution in [3.63, 3.8) is 0 Å². The molecule has 17 heavy (non-hydrogen) atoms. The molecule has 0 saturated heterocycles. The van der Waals surface area contributed by atoms with E-state index in [4.69, 9.17) is 5.14 Å². The minimum atomic E-state index is -3.94. The summed E-state index contributed by atoms with van der Waals surface area (Å²) in [4.78, 5) is 10.9. The van der Waals surface area contributed by atoms with Gasteiger partial charge in [0.2, 0.25) is 15.9 Å². The van der Waals surface area contributed by atoms with Crippen LogP contribution in [0.25, 0.3) is 0 Å². The van der Waals surface area contributed by atoms with E-state index in [0.29, 0.717) is 0 Å². The van der Waals surface area contributed by atoms with Crippen LogP contribution in [0.1, 0.15) is 0 Å². The number of rotatable bonds is 4. The summed E-state index contributed by atoms with van der Waals surface area (Å²) in [6, 6.07) is 2.86. The topological polar surface area (TPSA) is 98.5 Å². The van der Waals surface area contributed by atoms with Gasteiger partial charge in [0.05, 0.1) is 10.6 Å². The first-order chi connectivity index (χ1) is 7.84. The van der Waals surface area contributed by atoms with Crippen molar-refractivity contribution >= 4 is 21.6 Å². The average molecular weight is 262 g/mol. The molecule has 3 N–H and O–H groups in total. The number of amides is 1. The van der Waals surface area contributed by atoms with Crippen molar-refractivity contribution < 1.29 is 22.3 Å². The zero-order valence-corrected chi connectivity index (χ0v) is 9.75. The fourth-order valence-electron chi connectivity index (χ4n) is 1.09. The van der Waals surface area contributed by atoms with Crippen molar-refractivity contribution in [3.05, 3.63) is 24.0 Å². The van der Waals surface area contributed by atoms with Gasteiger partial charge in [0.15, 0.2) is 0 Å². The van der Waals surface area contributed by atoms with Gasteiger partial charge >= 0.3 is 0 Å². The second kappa shape index (κ2) is 5.21. The Morgan fingerprint density at radius 1 is 1.53 bits per heavy atom. The minimum absolute atomic E-state index is 0.265. The maximum atomic E-state index is 13.3. The molecule has 0 bridgehead atoms. The molecule has 0 aliphatic rings. The van der Waals surface area contributed by atoms with Crippen LogP contribution in [0.5, 0.6) is 0 Å². The van der Waals surface area contributed by atoms with Crippen LogP contribution >= 0.6 is 0 Å². The first-order valence-electron chi connectivity index (χ1n) is 4.45. The smallest absolute Gasteiger partial charge is 0.250 e. The molecule has 0 unspecified atom stereocenters. The molecule has 0 saturated carbocycles. The lowest BCUT2D eigenvalue weighted by atomic mass is 10.3. The normalized spacial score (nSPS) is 11.2. The van der Waals surface area contributed by atoms with Crippen molar-refractivity contribution in [1.29, 1.82) is 0 Å². The fraction of sp³-hybridized carbons (Fsp3) is 0.222. The summed E-state index contributed by atoms with van der Waals surface area (Å²) >= 11 is 0. The second-order valence-electron chi connectivity index (χ2n) is 3.17. The zero-order chi connectivity index (χ0) is 13.1. The molecule has 1 aromatic rings. The zero-order valence-electron chi connectivity index (χ0n) is 8.94. The lowest BCUT2D eigenvalue weighted by Crippen LogP contribution is -2.19. The number of halogens is 1. The number of primary sulfonamides is 1. The molecule has 1 amide bonds. The Hall–Kier alpha value is -1.51.